The molecule has 0 N–H and O–H groups in total. The molecule has 0 radical (unpaired) electrons. The molecule has 0 aliphatic carbocycles. The number of hydrogen-bond donors (Lipinski definition) is 0. The molecule has 0 saturated heterocycles. The van der Waals surface area contributed by atoms with Crippen LogP contribution in [0.3, 0.4) is 0 Å². The van der Waals surface area contributed by atoms with Gasteiger partial charge in [-0.25, -0.2) is 0 Å². The summed E-state index contributed by atoms with van der Waals surface area (Å²) in [7, 11) is 1.67. The molecular formula is C12H10BrClOS. The van der Waals surface area contributed by atoms with Gasteiger partial charge in [-0.15, -0.1) is 11.3 Å². The number of ether oxygens (including phenoxy) is 1. The average Bonchev–Trinajstić information content (AvgIpc) is 2.75. The Balaban J connectivity index is 2.23. The topological polar surface area (TPSA) is 9.23 Å². The molecule has 0 amide bonds. The zero-order valence-electron chi connectivity index (χ0n) is 8.61. The minimum absolute atomic E-state index is 0.191. The Morgan fingerprint density at radius 3 is 2.38 bits per heavy atom. The molecule has 1 nitrogen and oxygen atoms in total. The van der Waals surface area contributed by atoms with Crippen molar-refractivity contribution in [2.24, 2.45) is 0 Å². The number of methoxy groups -OCH3 is 1. The monoisotopic (exact) mass is 316 g/mol. The fraction of sp³-hybridized carbons (Fsp3) is 0.167. The maximum Gasteiger partial charge on any atom is 0.118 e. The summed E-state index contributed by atoms with van der Waals surface area (Å²) in [5.41, 5.74) is 1.19. The predicted molar refractivity (Wildman–Crippen MR) is 73.1 cm³/mol. The van der Waals surface area contributed by atoms with Crippen LogP contribution in [0.4, 0.5) is 0 Å². The highest BCUT2D eigenvalue weighted by Gasteiger charge is 2.12. The minimum Gasteiger partial charge on any atom is -0.497 e. The van der Waals surface area contributed by atoms with Crippen LogP contribution in [0.2, 0.25) is 4.34 Å². The lowest BCUT2D eigenvalue weighted by atomic mass is 10.1. The van der Waals surface area contributed by atoms with Gasteiger partial charge in [0.15, 0.2) is 0 Å². The second-order valence-electron chi connectivity index (χ2n) is 3.28. The van der Waals surface area contributed by atoms with E-state index in [9.17, 15) is 0 Å². The number of benzene rings is 1. The van der Waals surface area contributed by atoms with Crippen molar-refractivity contribution in [1.82, 2.24) is 0 Å². The lowest BCUT2D eigenvalue weighted by molar-refractivity contribution is 0.414. The van der Waals surface area contributed by atoms with Crippen molar-refractivity contribution in [1.29, 1.82) is 0 Å². The van der Waals surface area contributed by atoms with E-state index in [4.69, 9.17) is 16.3 Å². The van der Waals surface area contributed by atoms with Crippen molar-refractivity contribution in [3.05, 3.63) is 51.2 Å². The molecule has 0 spiro atoms. The normalized spacial score (nSPS) is 12.4. The van der Waals surface area contributed by atoms with Gasteiger partial charge in [-0.1, -0.05) is 39.7 Å². The molecule has 0 bridgehead atoms. The van der Waals surface area contributed by atoms with Crippen LogP contribution in [-0.2, 0) is 0 Å². The molecule has 2 rings (SSSR count). The Morgan fingerprint density at radius 2 is 1.88 bits per heavy atom. The van der Waals surface area contributed by atoms with Gasteiger partial charge in [0, 0.05) is 4.88 Å². The standard InChI is InChI=1S/C12H10BrClOS/c1-15-9-4-2-8(3-5-9)12(13)10-6-7-11(14)16-10/h2-7,12H,1H3. The fourth-order valence-electron chi connectivity index (χ4n) is 1.40. The van der Waals surface area contributed by atoms with Gasteiger partial charge in [-0.05, 0) is 29.8 Å². The minimum atomic E-state index is 0.191. The number of alkyl halides is 1. The molecule has 1 unspecified atom stereocenters. The number of hydrogen-bond acceptors (Lipinski definition) is 2. The van der Waals surface area contributed by atoms with Crippen LogP contribution in [0.25, 0.3) is 0 Å². The second kappa shape index (κ2) is 5.21. The van der Waals surface area contributed by atoms with Gasteiger partial charge in [-0.3, -0.25) is 0 Å². The molecule has 1 heterocycles. The third-order valence-electron chi connectivity index (χ3n) is 2.25. The summed E-state index contributed by atoms with van der Waals surface area (Å²) in [6, 6.07) is 12.0. The van der Waals surface area contributed by atoms with Crippen LogP contribution in [0, 0.1) is 0 Å². The van der Waals surface area contributed by atoms with Gasteiger partial charge in [0.05, 0.1) is 16.3 Å². The Labute approximate surface area is 112 Å². The SMILES string of the molecule is COc1ccc(C(Br)c2ccc(Cl)s2)cc1. The van der Waals surface area contributed by atoms with Crippen LogP contribution in [0.1, 0.15) is 15.3 Å². The number of thiophene rings is 1. The molecule has 84 valence electrons. The largest absolute Gasteiger partial charge is 0.497 e. The van der Waals surface area contributed by atoms with Gasteiger partial charge < -0.3 is 4.74 Å². The smallest absolute Gasteiger partial charge is 0.118 e. The van der Waals surface area contributed by atoms with E-state index >= 15 is 0 Å². The molecule has 0 aliphatic heterocycles. The third kappa shape index (κ3) is 2.59. The van der Waals surface area contributed by atoms with E-state index in [0.717, 1.165) is 10.1 Å². The molecule has 16 heavy (non-hydrogen) atoms. The van der Waals surface area contributed by atoms with Crippen LogP contribution in [0.5, 0.6) is 5.75 Å². The first-order chi connectivity index (χ1) is 7.70. The van der Waals surface area contributed by atoms with Crippen LogP contribution in [0.15, 0.2) is 36.4 Å². The highest BCUT2D eigenvalue weighted by atomic mass is 79.9. The van der Waals surface area contributed by atoms with E-state index in [1.165, 1.54) is 10.4 Å². The van der Waals surface area contributed by atoms with Gasteiger partial charge in [0.2, 0.25) is 0 Å². The van der Waals surface area contributed by atoms with Crippen LogP contribution >= 0.6 is 38.9 Å². The maximum atomic E-state index is 5.92. The van der Waals surface area contributed by atoms with Gasteiger partial charge in [0.25, 0.3) is 0 Å². The molecule has 1 aromatic heterocycles. The summed E-state index contributed by atoms with van der Waals surface area (Å²) < 4.78 is 5.94. The molecule has 0 fully saturated rings. The lowest BCUT2D eigenvalue weighted by Crippen LogP contribution is -1.89. The highest BCUT2D eigenvalue weighted by Crippen LogP contribution is 2.37. The second-order valence-corrected chi connectivity index (χ2v) is 5.94. The van der Waals surface area contributed by atoms with Gasteiger partial charge in [-0.2, -0.15) is 0 Å². The van der Waals surface area contributed by atoms with E-state index in [-0.39, 0.29) is 4.83 Å². The van der Waals surface area contributed by atoms with E-state index in [1.807, 2.05) is 36.4 Å². The Bertz CT molecular complexity index is 466. The average molecular weight is 318 g/mol. The molecule has 0 aliphatic rings. The zero-order chi connectivity index (χ0) is 11.5. The Hall–Kier alpha value is -0.510. The summed E-state index contributed by atoms with van der Waals surface area (Å²) in [4.78, 5) is 1.39. The van der Waals surface area contributed by atoms with Crippen LogP contribution < -0.4 is 4.74 Å². The molecule has 1 atom stereocenters. The van der Waals surface area contributed by atoms with E-state index < -0.39 is 0 Å². The number of halogens is 2. The predicted octanol–water partition coefficient (Wildman–Crippen LogP) is 4.89. The first-order valence-electron chi connectivity index (χ1n) is 4.74. The fourth-order valence-corrected chi connectivity index (χ4v) is 3.21. The summed E-state index contributed by atoms with van der Waals surface area (Å²) in [6.45, 7) is 0. The molecule has 0 saturated carbocycles. The van der Waals surface area contributed by atoms with Crippen molar-refractivity contribution >= 4 is 38.9 Å². The molecule has 4 heteroatoms. The molecular weight excluding hydrogens is 308 g/mol. The highest BCUT2D eigenvalue weighted by molar-refractivity contribution is 9.09. The van der Waals surface area contributed by atoms with Crippen LogP contribution in [-0.4, -0.2) is 7.11 Å². The molecule has 2 aromatic rings. The summed E-state index contributed by atoms with van der Waals surface area (Å²) in [5.74, 6) is 0.868. The van der Waals surface area contributed by atoms with Crippen molar-refractivity contribution in [3.8, 4) is 5.75 Å². The van der Waals surface area contributed by atoms with Gasteiger partial charge in [0.1, 0.15) is 5.75 Å². The number of rotatable bonds is 3. The lowest BCUT2D eigenvalue weighted by Gasteiger charge is -2.08. The van der Waals surface area contributed by atoms with E-state index in [1.54, 1.807) is 18.4 Å². The van der Waals surface area contributed by atoms with Crippen molar-refractivity contribution in [2.75, 3.05) is 7.11 Å². The quantitative estimate of drug-likeness (QED) is 0.732. The first-order valence-corrected chi connectivity index (χ1v) is 6.85. The summed E-state index contributed by atoms with van der Waals surface area (Å²) >= 11 is 11.2. The van der Waals surface area contributed by atoms with Crippen molar-refractivity contribution in [2.45, 2.75) is 4.83 Å². The third-order valence-corrected chi connectivity index (χ3v) is 4.87. The first kappa shape index (κ1) is 12.0. The Morgan fingerprint density at radius 1 is 1.19 bits per heavy atom. The zero-order valence-corrected chi connectivity index (χ0v) is 11.8. The van der Waals surface area contributed by atoms with Crippen molar-refractivity contribution in [3.63, 3.8) is 0 Å². The molecule has 1 aromatic carbocycles. The summed E-state index contributed by atoms with van der Waals surface area (Å²) in [6.07, 6.45) is 0. The van der Waals surface area contributed by atoms with E-state index in [2.05, 4.69) is 15.9 Å². The maximum absolute atomic E-state index is 5.92. The van der Waals surface area contributed by atoms with E-state index in [0.29, 0.717) is 0 Å². The van der Waals surface area contributed by atoms with Gasteiger partial charge >= 0.3 is 0 Å². The Kier molecular flexibility index (Phi) is 3.90. The summed E-state index contributed by atoms with van der Waals surface area (Å²) in [5, 5.41) is 0. The van der Waals surface area contributed by atoms with Crippen molar-refractivity contribution < 1.29 is 4.74 Å².